The number of nitrogens with zero attached hydrogens (tertiary/aromatic N) is 4. The lowest BCUT2D eigenvalue weighted by Gasteiger charge is -2.04. The SMILES string of the molecule is Cc1c(N)cnn1Cc1ccc(F)cc1.Cc1nn(Cc2ccc(F)cc2)cc1N. The molecule has 8 heteroatoms. The average Bonchev–Trinajstić information content (AvgIpc) is 3.21. The molecule has 0 atom stereocenters. The number of hydrogen-bond donors (Lipinski definition) is 2. The standard InChI is InChI=1S/2C11H12FN3/c1-8-11(13)6-14-15(8)7-9-2-4-10(12)5-3-9;1-8-11(13)7-15(14-8)6-9-2-4-10(12)5-3-9/h2-6H,7,13H2,1H3;2-5,7H,6,13H2,1H3. The largest absolute Gasteiger partial charge is 0.396 e. The summed E-state index contributed by atoms with van der Waals surface area (Å²) >= 11 is 0. The Kier molecular flexibility index (Phi) is 6.46. The van der Waals surface area contributed by atoms with Crippen molar-refractivity contribution in [2.45, 2.75) is 26.9 Å². The van der Waals surface area contributed by atoms with Crippen molar-refractivity contribution in [2.24, 2.45) is 0 Å². The maximum Gasteiger partial charge on any atom is 0.123 e. The van der Waals surface area contributed by atoms with Gasteiger partial charge in [-0.3, -0.25) is 9.36 Å². The molecule has 4 N–H and O–H groups in total. The maximum absolute atomic E-state index is 12.7. The van der Waals surface area contributed by atoms with Gasteiger partial charge in [0.15, 0.2) is 0 Å². The molecular formula is C22H24F2N6. The first-order valence-corrected chi connectivity index (χ1v) is 9.38. The molecule has 0 radical (unpaired) electrons. The normalized spacial score (nSPS) is 10.5. The van der Waals surface area contributed by atoms with Crippen molar-refractivity contribution in [3.05, 3.63) is 95.1 Å². The van der Waals surface area contributed by atoms with Gasteiger partial charge in [-0.15, -0.1) is 0 Å². The number of nitrogens with two attached hydrogens (primary N) is 2. The van der Waals surface area contributed by atoms with Gasteiger partial charge in [0.25, 0.3) is 0 Å². The van der Waals surface area contributed by atoms with Gasteiger partial charge in [0.2, 0.25) is 0 Å². The van der Waals surface area contributed by atoms with Crippen molar-refractivity contribution in [2.75, 3.05) is 11.5 Å². The van der Waals surface area contributed by atoms with Crippen LogP contribution in [0.1, 0.15) is 22.5 Å². The Morgan fingerprint density at radius 1 is 0.800 bits per heavy atom. The minimum absolute atomic E-state index is 0.226. The molecule has 4 aromatic rings. The number of aryl methyl sites for hydroxylation is 1. The molecule has 0 amide bonds. The van der Waals surface area contributed by atoms with Gasteiger partial charge < -0.3 is 11.5 Å². The molecule has 0 spiro atoms. The molecule has 0 bridgehead atoms. The van der Waals surface area contributed by atoms with Gasteiger partial charge in [0.05, 0.1) is 42.0 Å². The van der Waals surface area contributed by atoms with Crippen LogP contribution in [0.5, 0.6) is 0 Å². The first kappa shape index (κ1) is 21.0. The fourth-order valence-corrected chi connectivity index (χ4v) is 2.77. The molecule has 2 aromatic heterocycles. The molecule has 0 saturated carbocycles. The van der Waals surface area contributed by atoms with E-state index in [0.29, 0.717) is 24.5 Å². The Labute approximate surface area is 173 Å². The molecule has 2 aromatic carbocycles. The van der Waals surface area contributed by atoms with Crippen molar-refractivity contribution in [3.63, 3.8) is 0 Å². The molecule has 0 fully saturated rings. The van der Waals surface area contributed by atoms with E-state index in [1.54, 1.807) is 46.0 Å². The van der Waals surface area contributed by atoms with Gasteiger partial charge in [0.1, 0.15) is 11.6 Å². The van der Waals surface area contributed by atoms with Crippen molar-refractivity contribution in [1.82, 2.24) is 19.6 Å². The first-order chi connectivity index (χ1) is 14.3. The van der Waals surface area contributed by atoms with Crippen LogP contribution < -0.4 is 11.5 Å². The van der Waals surface area contributed by atoms with E-state index in [9.17, 15) is 8.78 Å². The van der Waals surface area contributed by atoms with Crippen LogP contribution in [0.4, 0.5) is 20.2 Å². The Morgan fingerprint density at radius 2 is 1.33 bits per heavy atom. The van der Waals surface area contributed by atoms with Gasteiger partial charge >= 0.3 is 0 Å². The van der Waals surface area contributed by atoms with Crippen LogP contribution in [0.15, 0.2) is 60.9 Å². The highest BCUT2D eigenvalue weighted by atomic mass is 19.1. The monoisotopic (exact) mass is 410 g/mol. The molecule has 0 aliphatic carbocycles. The minimum Gasteiger partial charge on any atom is -0.396 e. The smallest absolute Gasteiger partial charge is 0.123 e. The summed E-state index contributed by atoms with van der Waals surface area (Å²) < 4.78 is 28.9. The van der Waals surface area contributed by atoms with E-state index in [0.717, 1.165) is 22.5 Å². The molecule has 0 aliphatic rings. The van der Waals surface area contributed by atoms with Crippen LogP contribution >= 0.6 is 0 Å². The Morgan fingerprint density at radius 3 is 1.77 bits per heavy atom. The lowest BCUT2D eigenvalue weighted by molar-refractivity contribution is 0.623. The highest BCUT2D eigenvalue weighted by Crippen LogP contribution is 2.12. The summed E-state index contributed by atoms with van der Waals surface area (Å²) in [5.41, 5.74) is 16.5. The lowest BCUT2D eigenvalue weighted by Crippen LogP contribution is -2.04. The van der Waals surface area contributed by atoms with E-state index in [1.165, 1.54) is 24.3 Å². The molecule has 30 heavy (non-hydrogen) atoms. The molecule has 4 rings (SSSR count). The quantitative estimate of drug-likeness (QED) is 0.534. The van der Waals surface area contributed by atoms with Crippen molar-refractivity contribution in [1.29, 1.82) is 0 Å². The van der Waals surface area contributed by atoms with Crippen LogP contribution in [0.25, 0.3) is 0 Å². The van der Waals surface area contributed by atoms with E-state index in [1.807, 2.05) is 13.8 Å². The number of aromatic nitrogens is 4. The zero-order chi connectivity index (χ0) is 21.7. The molecule has 0 aliphatic heterocycles. The highest BCUT2D eigenvalue weighted by molar-refractivity contribution is 5.40. The zero-order valence-corrected chi connectivity index (χ0v) is 16.9. The number of rotatable bonds is 4. The predicted molar refractivity (Wildman–Crippen MR) is 114 cm³/mol. The van der Waals surface area contributed by atoms with Crippen LogP contribution in [0, 0.1) is 25.5 Å². The fourth-order valence-electron chi connectivity index (χ4n) is 2.77. The Bertz CT molecular complexity index is 1080. The highest BCUT2D eigenvalue weighted by Gasteiger charge is 2.03. The zero-order valence-electron chi connectivity index (χ0n) is 16.9. The summed E-state index contributed by atoms with van der Waals surface area (Å²) in [7, 11) is 0. The second-order valence-electron chi connectivity index (χ2n) is 6.96. The third kappa shape index (κ3) is 5.44. The van der Waals surface area contributed by atoms with Gasteiger partial charge in [-0.1, -0.05) is 24.3 Å². The van der Waals surface area contributed by atoms with E-state index >= 15 is 0 Å². The Hall–Kier alpha value is -3.68. The topological polar surface area (TPSA) is 87.7 Å². The molecule has 6 nitrogen and oxygen atoms in total. The summed E-state index contributed by atoms with van der Waals surface area (Å²) in [5.74, 6) is -0.453. The van der Waals surface area contributed by atoms with Gasteiger partial charge in [-0.2, -0.15) is 10.2 Å². The molecule has 0 saturated heterocycles. The van der Waals surface area contributed by atoms with E-state index in [-0.39, 0.29) is 11.6 Å². The maximum atomic E-state index is 12.7. The second-order valence-corrected chi connectivity index (χ2v) is 6.96. The van der Waals surface area contributed by atoms with Crippen LogP contribution in [-0.2, 0) is 13.1 Å². The summed E-state index contributed by atoms with van der Waals surface area (Å²) in [5, 5.41) is 8.36. The van der Waals surface area contributed by atoms with Crippen LogP contribution in [0.2, 0.25) is 0 Å². The van der Waals surface area contributed by atoms with Gasteiger partial charge in [-0.05, 0) is 49.2 Å². The average molecular weight is 410 g/mol. The molecular weight excluding hydrogens is 386 g/mol. The number of benzene rings is 2. The second kappa shape index (κ2) is 9.21. The van der Waals surface area contributed by atoms with Crippen molar-refractivity contribution >= 4 is 11.4 Å². The van der Waals surface area contributed by atoms with E-state index in [4.69, 9.17) is 11.5 Å². The van der Waals surface area contributed by atoms with Crippen molar-refractivity contribution in [3.8, 4) is 0 Å². The molecule has 2 heterocycles. The predicted octanol–water partition coefficient (Wildman–Crippen LogP) is 3.92. The summed E-state index contributed by atoms with van der Waals surface area (Å²) in [4.78, 5) is 0. The minimum atomic E-state index is -0.227. The molecule has 156 valence electrons. The van der Waals surface area contributed by atoms with E-state index < -0.39 is 0 Å². The number of halogens is 2. The van der Waals surface area contributed by atoms with Crippen LogP contribution in [0.3, 0.4) is 0 Å². The van der Waals surface area contributed by atoms with Crippen LogP contribution in [-0.4, -0.2) is 19.6 Å². The summed E-state index contributed by atoms with van der Waals surface area (Å²) in [6, 6.07) is 12.7. The number of hydrogen-bond acceptors (Lipinski definition) is 4. The summed E-state index contributed by atoms with van der Waals surface area (Å²) in [6.45, 7) is 4.99. The van der Waals surface area contributed by atoms with Gasteiger partial charge in [-0.25, -0.2) is 8.78 Å². The number of nitrogen functional groups attached to an aromatic ring is 2. The Balaban J connectivity index is 0.000000171. The third-order valence-electron chi connectivity index (χ3n) is 4.63. The summed E-state index contributed by atoms with van der Waals surface area (Å²) in [6.07, 6.45) is 3.40. The third-order valence-corrected chi connectivity index (χ3v) is 4.63. The first-order valence-electron chi connectivity index (χ1n) is 9.38. The van der Waals surface area contributed by atoms with Gasteiger partial charge in [0, 0.05) is 6.20 Å². The lowest BCUT2D eigenvalue weighted by atomic mass is 10.2. The molecule has 0 unspecified atom stereocenters. The van der Waals surface area contributed by atoms with E-state index in [2.05, 4.69) is 10.2 Å². The van der Waals surface area contributed by atoms with Crippen molar-refractivity contribution < 1.29 is 8.78 Å². The fraction of sp³-hybridized carbons (Fsp3) is 0.182. The number of anilines is 2.